The Balaban J connectivity index is 1.86. The largest absolute Gasteiger partial charge is 0.373 e. The lowest BCUT2D eigenvalue weighted by atomic mass is 10.1. The summed E-state index contributed by atoms with van der Waals surface area (Å²) in [6, 6.07) is 14.4. The van der Waals surface area contributed by atoms with E-state index in [9.17, 15) is 0 Å². The first kappa shape index (κ1) is 14.4. The molecule has 0 aliphatic rings. The average molecular weight is 360 g/mol. The summed E-state index contributed by atoms with van der Waals surface area (Å²) in [6.07, 6.45) is 1.82. The van der Waals surface area contributed by atoms with Gasteiger partial charge in [-0.3, -0.25) is 0 Å². The molecule has 3 nitrogen and oxygen atoms in total. The smallest absolute Gasteiger partial charge is 0.130 e. The predicted molar refractivity (Wildman–Crippen MR) is 92.8 cm³/mol. The van der Waals surface area contributed by atoms with E-state index in [1.807, 2.05) is 43.6 Å². The third kappa shape index (κ3) is 3.36. The fourth-order valence-electron chi connectivity index (χ4n) is 2.09. The molecule has 0 bridgehead atoms. The number of benzene rings is 1. The van der Waals surface area contributed by atoms with Crippen LogP contribution in [-0.4, -0.2) is 17.0 Å². The minimum Gasteiger partial charge on any atom is -0.373 e. The van der Waals surface area contributed by atoms with E-state index in [-0.39, 0.29) is 0 Å². The number of aromatic nitrogens is 2. The molecule has 0 spiro atoms. The molecule has 0 fully saturated rings. The van der Waals surface area contributed by atoms with E-state index in [2.05, 4.69) is 43.3 Å². The molecule has 2 heterocycles. The number of fused-ring (bicyclic) bond motifs is 1. The van der Waals surface area contributed by atoms with E-state index in [4.69, 9.17) is 0 Å². The lowest BCUT2D eigenvalue weighted by molar-refractivity contribution is 1.12. The van der Waals surface area contributed by atoms with Gasteiger partial charge in [0.1, 0.15) is 5.82 Å². The van der Waals surface area contributed by atoms with Crippen molar-refractivity contribution in [2.75, 3.05) is 12.4 Å². The Morgan fingerprint density at radius 3 is 2.81 bits per heavy atom. The van der Waals surface area contributed by atoms with Crippen LogP contribution in [0.1, 0.15) is 5.56 Å². The lowest BCUT2D eigenvalue weighted by Crippen LogP contribution is -1.98. The van der Waals surface area contributed by atoms with Gasteiger partial charge in [0.05, 0.1) is 10.5 Å². The van der Waals surface area contributed by atoms with Gasteiger partial charge in [-0.05, 0) is 40.2 Å². The monoisotopic (exact) mass is 359 g/mol. The van der Waals surface area contributed by atoms with Crippen molar-refractivity contribution in [3.8, 4) is 0 Å². The third-order valence-electron chi connectivity index (χ3n) is 3.12. The van der Waals surface area contributed by atoms with Crippen LogP contribution in [0, 0.1) is 0 Å². The van der Waals surface area contributed by atoms with Crippen LogP contribution < -0.4 is 5.32 Å². The van der Waals surface area contributed by atoms with Crippen molar-refractivity contribution in [1.29, 1.82) is 0 Å². The topological polar surface area (TPSA) is 37.8 Å². The minimum absolute atomic E-state index is 0.836. The van der Waals surface area contributed by atoms with Gasteiger partial charge in [-0.1, -0.05) is 18.2 Å². The molecule has 0 radical (unpaired) electrons. The van der Waals surface area contributed by atoms with E-state index in [1.54, 1.807) is 11.8 Å². The van der Waals surface area contributed by atoms with Gasteiger partial charge in [-0.15, -0.1) is 11.8 Å². The van der Waals surface area contributed by atoms with Crippen LogP contribution in [-0.2, 0) is 5.75 Å². The van der Waals surface area contributed by atoms with Crippen LogP contribution in [0.3, 0.4) is 0 Å². The molecule has 0 unspecified atom stereocenters. The Kier molecular flexibility index (Phi) is 4.41. The highest BCUT2D eigenvalue weighted by atomic mass is 79.9. The van der Waals surface area contributed by atoms with Crippen molar-refractivity contribution in [1.82, 2.24) is 9.97 Å². The molecule has 0 amide bonds. The van der Waals surface area contributed by atoms with Crippen LogP contribution in [0.15, 0.2) is 58.2 Å². The highest BCUT2D eigenvalue weighted by molar-refractivity contribution is 9.10. The summed E-state index contributed by atoms with van der Waals surface area (Å²) >= 11 is 5.11. The zero-order valence-electron chi connectivity index (χ0n) is 11.5. The van der Waals surface area contributed by atoms with Crippen LogP contribution in [0.4, 0.5) is 5.82 Å². The summed E-state index contributed by atoms with van der Waals surface area (Å²) in [7, 11) is 1.91. The number of nitrogens with one attached hydrogen (secondary N) is 1. The second-order valence-electron chi connectivity index (χ2n) is 4.54. The summed E-state index contributed by atoms with van der Waals surface area (Å²) in [5.74, 6) is 1.76. The van der Waals surface area contributed by atoms with Crippen molar-refractivity contribution in [3.05, 3.63) is 58.7 Å². The van der Waals surface area contributed by atoms with Gasteiger partial charge < -0.3 is 5.32 Å². The van der Waals surface area contributed by atoms with Gasteiger partial charge in [0.25, 0.3) is 0 Å². The maximum Gasteiger partial charge on any atom is 0.130 e. The molecule has 3 rings (SSSR count). The molecule has 3 aromatic rings. The molecule has 0 aliphatic heterocycles. The van der Waals surface area contributed by atoms with Crippen molar-refractivity contribution in [2.45, 2.75) is 10.8 Å². The SMILES string of the molecule is CNc1nc2ccccc2cc1CSc1ccc(Br)cn1. The second-order valence-corrected chi connectivity index (χ2v) is 6.45. The van der Waals surface area contributed by atoms with E-state index >= 15 is 0 Å². The van der Waals surface area contributed by atoms with Gasteiger partial charge in [0, 0.05) is 34.4 Å². The van der Waals surface area contributed by atoms with E-state index in [0.717, 1.165) is 32.0 Å². The first-order valence-corrected chi connectivity index (χ1v) is 8.35. The lowest BCUT2D eigenvalue weighted by Gasteiger charge is -2.10. The Labute approximate surface area is 136 Å². The first-order chi connectivity index (χ1) is 10.3. The molecule has 0 atom stereocenters. The summed E-state index contributed by atoms with van der Waals surface area (Å²) in [6.45, 7) is 0. The normalized spacial score (nSPS) is 10.8. The fourth-order valence-corrected chi connectivity index (χ4v) is 3.14. The molecule has 0 saturated heterocycles. The van der Waals surface area contributed by atoms with E-state index in [0.29, 0.717) is 0 Å². The van der Waals surface area contributed by atoms with Gasteiger partial charge in [0.15, 0.2) is 0 Å². The van der Waals surface area contributed by atoms with Gasteiger partial charge >= 0.3 is 0 Å². The average Bonchev–Trinajstić information content (AvgIpc) is 2.53. The van der Waals surface area contributed by atoms with Gasteiger partial charge in [-0.2, -0.15) is 0 Å². The van der Waals surface area contributed by atoms with Crippen molar-refractivity contribution in [3.63, 3.8) is 0 Å². The maximum atomic E-state index is 4.67. The highest BCUT2D eigenvalue weighted by Crippen LogP contribution is 2.27. The summed E-state index contributed by atoms with van der Waals surface area (Å²) < 4.78 is 0.995. The van der Waals surface area contributed by atoms with Crippen molar-refractivity contribution < 1.29 is 0 Å². The number of thioether (sulfide) groups is 1. The fraction of sp³-hybridized carbons (Fsp3) is 0.125. The van der Waals surface area contributed by atoms with Crippen LogP contribution in [0.2, 0.25) is 0 Å². The zero-order valence-corrected chi connectivity index (χ0v) is 13.9. The maximum absolute atomic E-state index is 4.67. The molecule has 21 heavy (non-hydrogen) atoms. The Morgan fingerprint density at radius 2 is 2.05 bits per heavy atom. The number of halogens is 1. The molecule has 106 valence electrons. The molecular weight excluding hydrogens is 346 g/mol. The zero-order chi connectivity index (χ0) is 14.7. The molecule has 5 heteroatoms. The molecule has 2 aromatic heterocycles. The molecular formula is C16H14BrN3S. The Bertz CT molecular complexity index is 759. The van der Waals surface area contributed by atoms with Crippen LogP contribution >= 0.6 is 27.7 Å². The first-order valence-electron chi connectivity index (χ1n) is 6.57. The molecule has 1 N–H and O–H groups in total. The standard InChI is InChI=1S/C16H14BrN3S/c1-18-16-12(8-11-4-2-3-5-14(11)20-16)10-21-15-7-6-13(17)9-19-15/h2-9H,10H2,1H3,(H,18,20). The Morgan fingerprint density at radius 1 is 1.19 bits per heavy atom. The minimum atomic E-state index is 0.836. The summed E-state index contributed by atoms with van der Waals surface area (Å²) in [5, 5.41) is 5.35. The van der Waals surface area contributed by atoms with Crippen molar-refractivity contribution in [2.24, 2.45) is 0 Å². The van der Waals surface area contributed by atoms with Gasteiger partial charge in [0.2, 0.25) is 0 Å². The summed E-state index contributed by atoms with van der Waals surface area (Å²) in [4.78, 5) is 9.05. The third-order valence-corrected chi connectivity index (χ3v) is 4.58. The van der Waals surface area contributed by atoms with Crippen LogP contribution in [0.25, 0.3) is 10.9 Å². The number of para-hydroxylation sites is 1. The Hall–Kier alpha value is -1.59. The number of hydrogen-bond donors (Lipinski definition) is 1. The molecule has 1 aromatic carbocycles. The van der Waals surface area contributed by atoms with E-state index < -0.39 is 0 Å². The molecule has 0 saturated carbocycles. The number of pyridine rings is 2. The quantitative estimate of drug-likeness (QED) is 0.683. The second kappa shape index (κ2) is 6.45. The highest BCUT2D eigenvalue weighted by Gasteiger charge is 2.07. The predicted octanol–water partition coefficient (Wildman–Crippen LogP) is 4.73. The van der Waals surface area contributed by atoms with Crippen molar-refractivity contribution >= 4 is 44.4 Å². The van der Waals surface area contributed by atoms with Gasteiger partial charge in [-0.25, -0.2) is 9.97 Å². The number of rotatable bonds is 4. The molecule has 0 aliphatic carbocycles. The number of hydrogen-bond acceptors (Lipinski definition) is 4. The number of anilines is 1. The summed E-state index contributed by atoms with van der Waals surface area (Å²) in [5.41, 5.74) is 2.20. The van der Waals surface area contributed by atoms with E-state index in [1.165, 1.54) is 5.56 Å². The number of nitrogens with zero attached hydrogens (tertiary/aromatic N) is 2. The van der Waals surface area contributed by atoms with Crippen LogP contribution in [0.5, 0.6) is 0 Å².